The maximum atomic E-state index is 13.1. The predicted molar refractivity (Wildman–Crippen MR) is 130 cm³/mol. The molecule has 2 amide bonds. The fraction of sp³-hybridized carbons (Fsp3) is 0.391. The van der Waals surface area contributed by atoms with Crippen LogP contribution in [0.25, 0.3) is 0 Å². The van der Waals surface area contributed by atoms with Crippen LogP contribution in [0.4, 0.5) is 0 Å². The van der Waals surface area contributed by atoms with E-state index in [0.29, 0.717) is 23.1 Å². The Morgan fingerprint density at radius 1 is 1.13 bits per heavy atom. The van der Waals surface area contributed by atoms with Crippen LogP contribution in [0, 0.1) is 0 Å². The molecule has 0 aromatic heterocycles. The fourth-order valence-corrected chi connectivity index (χ4v) is 4.25. The van der Waals surface area contributed by atoms with E-state index in [9.17, 15) is 9.59 Å². The third kappa shape index (κ3) is 8.32. The second kappa shape index (κ2) is 11.2. The summed E-state index contributed by atoms with van der Waals surface area (Å²) in [6.45, 7) is 7.94. The Labute approximate surface area is 196 Å². The van der Waals surface area contributed by atoms with Crippen molar-refractivity contribution in [2.45, 2.75) is 51.6 Å². The summed E-state index contributed by atoms with van der Waals surface area (Å²) < 4.78 is 0.941. The van der Waals surface area contributed by atoms with Crippen LogP contribution in [-0.4, -0.2) is 34.0 Å². The molecule has 0 spiro atoms. The Balaban J connectivity index is 2.09. The summed E-state index contributed by atoms with van der Waals surface area (Å²) in [5.41, 5.74) is 1.71. The van der Waals surface area contributed by atoms with E-state index >= 15 is 0 Å². The van der Waals surface area contributed by atoms with Crippen LogP contribution in [0.2, 0.25) is 5.02 Å². The number of hydrogen-bond acceptors (Lipinski definition) is 3. The van der Waals surface area contributed by atoms with Crippen LogP contribution in [0.5, 0.6) is 0 Å². The average molecular weight is 512 g/mol. The lowest BCUT2D eigenvalue weighted by Gasteiger charge is -2.31. The number of nitrogens with one attached hydrogen (secondary N) is 1. The molecular weight excluding hydrogens is 484 g/mol. The first-order valence-corrected chi connectivity index (χ1v) is 12.1. The van der Waals surface area contributed by atoms with Gasteiger partial charge in [0.2, 0.25) is 11.8 Å². The SMILES string of the molecule is C[C@H](C(=O)NC(C)(C)C)N(Cc1cccc(Br)c1)C(=O)CSCc1ccc(Cl)cc1. The number of rotatable bonds is 8. The van der Waals surface area contributed by atoms with Crippen molar-refractivity contribution in [3.63, 3.8) is 0 Å². The molecule has 4 nitrogen and oxygen atoms in total. The number of carbonyl (C=O) groups is 2. The van der Waals surface area contributed by atoms with Gasteiger partial charge in [0.05, 0.1) is 5.75 Å². The summed E-state index contributed by atoms with van der Waals surface area (Å²) in [4.78, 5) is 27.5. The van der Waals surface area contributed by atoms with Crippen LogP contribution < -0.4 is 5.32 Å². The molecule has 0 saturated heterocycles. The lowest BCUT2D eigenvalue weighted by atomic mass is 10.1. The highest BCUT2D eigenvalue weighted by Crippen LogP contribution is 2.19. The van der Waals surface area contributed by atoms with Gasteiger partial charge in [-0.05, 0) is 63.1 Å². The molecule has 30 heavy (non-hydrogen) atoms. The van der Waals surface area contributed by atoms with Gasteiger partial charge in [-0.2, -0.15) is 0 Å². The van der Waals surface area contributed by atoms with Crippen LogP contribution in [0.3, 0.4) is 0 Å². The molecule has 0 unspecified atom stereocenters. The molecule has 1 atom stereocenters. The molecule has 0 heterocycles. The highest BCUT2D eigenvalue weighted by atomic mass is 79.9. The largest absolute Gasteiger partial charge is 0.350 e. The highest BCUT2D eigenvalue weighted by Gasteiger charge is 2.28. The van der Waals surface area contributed by atoms with E-state index in [0.717, 1.165) is 15.6 Å². The van der Waals surface area contributed by atoms with E-state index in [-0.39, 0.29) is 17.4 Å². The van der Waals surface area contributed by atoms with Gasteiger partial charge in [-0.15, -0.1) is 11.8 Å². The smallest absolute Gasteiger partial charge is 0.242 e. The molecule has 2 rings (SSSR count). The maximum Gasteiger partial charge on any atom is 0.242 e. The van der Waals surface area contributed by atoms with Gasteiger partial charge < -0.3 is 10.2 Å². The third-order valence-corrected chi connectivity index (χ3v) is 6.05. The topological polar surface area (TPSA) is 49.4 Å². The van der Waals surface area contributed by atoms with E-state index in [1.165, 1.54) is 11.8 Å². The number of amides is 2. The summed E-state index contributed by atoms with van der Waals surface area (Å²) in [6, 6.07) is 14.8. The van der Waals surface area contributed by atoms with Gasteiger partial charge in [-0.25, -0.2) is 0 Å². The first-order valence-electron chi connectivity index (χ1n) is 9.73. The number of carbonyl (C=O) groups excluding carboxylic acids is 2. The number of nitrogens with zero attached hydrogens (tertiary/aromatic N) is 1. The van der Waals surface area contributed by atoms with E-state index in [4.69, 9.17) is 11.6 Å². The minimum absolute atomic E-state index is 0.0644. The summed E-state index contributed by atoms with van der Waals surface area (Å²) in [7, 11) is 0. The van der Waals surface area contributed by atoms with Gasteiger partial charge in [0.15, 0.2) is 0 Å². The van der Waals surface area contributed by atoms with Crippen molar-refractivity contribution in [3.8, 4) is 0 Å². The minimum Gasteiger partial charge on any atom is -0.350 e. The quantitative estimate of drug-likeness (QED) is 0.497. The Morgan fingerprint density at radius 3 is 2.40 bits per heavy atom. The second-order valence-electron chi connectivity index (χ2n) is 8.19. The molecule has 2 aromatic rings. The molecule has 2 aromatic carbocycles. The van der Waals surface area contributed by atoms with Crippen molar-refractivity contribution < 1.29 is 9.59 Å². The van der Waals surface area contributed by atoms with Gasteiger partial charge in [0, 0.05) is 27.3 Å². The van der Waals surface area contributed by atoms with Gasteiger partial charge in [0.1, 0.15) is 6.04 Å². The molecule has 162 valence electrons. The number of halogens is 2. The monoisotopic (exact) mass is 510 g/mol. The minimum atomic E-state index is -0.577. The Hall–Kier alpha value is -1.50. The lowest BCUT2D eigenvalue weighted by Crippen LogP contribution is -2.52. The number of thioether (sulfide) groups is 1. The zero-order valence-electron chi connectivity index (χ0n) is 17.7. The number of benzene rings is 2. The highest BCUT2D eigenvalue weighted by molar-refractivity contribution is 9.10. The van der Waals surface area contributed by atoms with Crippen molar-refractivity contribution in [2.75, 3.05) is 5.75 Å². The summed E-state index contributed by atoms with van der Waals surface area (Å²) in [5, 5.41) is 3.67. The van der Waals surface area contributed by atoms with Gasteiger partial charge in [-0.1, -0.05) is 51.8 Å². The first kappa shape index (κ1) is 24.8. The maximum absolute atomic E-state index is 13.1. The molecule has 0 aliphatic heterocycles. The van der Waals surface area contributed by atoms with Crippen molar-refractivity contribution in [2.24, 2.45) is 0 Å². The summed E-state index contributed by atoms with van der Waals surface area (Å²) >= 11 is 10.9. The molecule has 0 aliphatic rings. The molecule has 1 N–H and O–H groups in total. The molecular formula is C23H28BrClN2O2S. The molecule has 7 heteroatoms. The zero-order valence-corrected chi connectivity index (χ0v) is 20.9. The van der Waals surface area contributed by atoms with Gasteiger partial charge in [-0.3, -0.25) is 9.59 Å². The van der Waals surface area contributed by atoms with E-state index < -0.39 is 6.04 Å². The van der Waals surface area contributed by atoms with Crippen molar-refractivity contribution in [1.82, 2.24) is 10.2 Å². The lowest BCUT2D eigenvalue weighted by molar-refractivity contribution is -0.139. The molecule has 0 saturated carbocycles. The van der Waals surface area contributed by atoms with Crippen LogP contribution in [0.15, 0.2) is 53.0 Å². The normalized spacial score (nSPS) is 12.3. The molecule has 0 radical (unpaired) electrons. The van der Waals surface area contributed by atoms with Crippen LogP contribution in [0.1, 0.15) is 38.8 Å². The Kier molecular flexibility index (Phi) is 9.26. The zero-order chi connectivity index (χ0) is 22.3. The summed E-state index contributed by atoms with van der Waals surface area (Å²) in [6.07, 6.45) is 0. The van der Waals surface area contributed by atoms with Crippen molar-refractivity contribution >= 4 is 51.1 Å². The van der Waals surface area contributed by atoms with Crippen LogP contribution >= 0.6 is 39.3 Å². The van der Waals surface area contributed by atoms with E-state index in [1.807, 2.05) is 69.3 Å². The van der Waals surface area contributed by atoms with Gasteiger partial charge >= 0.3 is 0 Å². The van der Waals surface area contributed by atoms with Crippen molar-refractivity contribution in [3.05, 3.63) is 69.2 Å². The molecule has 0 aliphatic carbocycles. The Morgan fingerprint density at radius 2 is 1.80 bits per heavy atom. The first-order chi connectivity index (χ1) is 14.0. The molecule has 0 fully saturated rings. The predicted octanol–water partition coefficient (Wildman–Crippen LogP) is 5.67. The standard InChI is InChI=1S/C23H28BrClN2O2S/c1-16(22(29)26-23(2,3)4)27(13-18-6-5-7-19(24)12-18)21(28)15-30-14-17-8-10-20(25)11-9-17/h5-12,16H,13-15H2,1-4H3,(H,26,29)/t16-/m1/s1. The van der Waals surface area contributed by atoms with E-state index in [2.05, 4.69) is 21.2 Å². The fourth-order valence-electron chi connectivity index (χ4n) is 2.81. The van der Waals surface area contributed by atoms with E-state index in [1.54, 1.807) is 11.8 Å². The molecule has 0 bridgehead atoms. The Bertz CT molecular complexity index is 868. The third-order valence-electron chi connectivity index (χ3n) is 4.31. The van der Waals surface area contributed by atoms with Crippen LogP contribution in [-0.2, 0) is 21.9 Å². The summed E-state index contributed by atoms with van der Waals surface area (Å²) in [5.74, 6) is 0.777. The second-order valence-corrected chi connectivity index (χ2v) is 10.5. The van der Waals surface area contributed by atoms with Crippen molar-refractivity contribution in [1.29, 1.82) is 0 Å². The average Bonchev–Trinajstić information content (AvgIpc) is 2.65. The number of hydrogen-bond donors (Lipinski definition) is 1. The van der Waals surface area contributed by atoms with Gasteiger partial charge in [0.25, 0.3) is 0 Å².